The Labute approximate surface area is 130 Å². The highest BCUT2D eigenvalue weighted by atomic mass is 16.6. The molecule has 1 heterocycles. The molecule has 120 valence electrons. The smallest absolute Gasteiger partial charge is 0.292 e. The molecule has 0 bridgehead atoms. The molecule has 0 unspecified atom stereocenters. The summed E-state index contributed by atoms with van der Waals surface area (Å²) < 4.78 is 0. The molecule has 0 spiro atoms. The van der Waals surface area contributed by atoms with Crippen LogP contribution >= 0.6 is 0 Å². The minimum Gasteiger partial charge on any atom is -0.362 e. The Hall–Kier alpha value is -2.11. The van der Waals surface area contributed by atoms with E-state index in [0.29, 0.717) is 38.3 Å². The van der Waals surface area contributed by atoms with Gasteiger partial charge in [0.1, 0.15) is 5.69 Å². The summed E-state index contributed by atoms with van der Waals surface area (Å²) in [4.78, 5) is 26.7. The van der Waals surface area contributed by atoms with Crippen molar-refractivity contribution in [3.63, 3.8) is 0 Å². The lowest BCUT2D eigenvalue weighted by Gasteiger charge is -2.35. The zero-order valence-corrected chi connectivity index (χ0v) is 13.0. The molecule has 0 saturated carbocycles. The van der Waals surface area contributed by atoms with Crippen LogP contribution in [0.5, 0.6) is 0 Å². The van der Waals surface area contributed by atoms with Crippen molar-refractivity contribution in [3.05, 3.63) is 34.4 Å². The number of amides is 1. The molecular formula is C16H23N3O3. The second kappa shape index (κ2) is 7.77. The van der Waals surface area contributed by atoms with Gasteiger partial charge in [0.05, 0.1) is 4.92 Å². The number of para-hydroxylation sites is 2. The molecule has 1 aromatic carbocycles. The van der Waals surface area contributed by atoms with E-state index in [1.807, 2.05) is 15.9 Å². The molecule has 1 amide bonds. The normalized spacial score (nSPS) is 15.0. The Morgan fingerprint density at radius 2 is 1.86 bits per heavy atom. The number of hydrogen-bond donors (Lipinski definition) is 0. The third-order valence-corrected chi connectivity index (χ3v) is 4.05. The van der Waals surface area contributed by atoms with Crippen molar-refractivity contribution in [1.29, 1.82) is 0 Å². The Kier molecular flexibility index (Phi) is 5.75. The van der Waals surface area contributed by atoms with Gasteiger partial charge < -0.3 is 9.80 Å². The Morgan fingerprint density at radius 3 is 2.50 bits per heavy atom. The van der Waals surface area contributed by atoms with Gasteiger partial charge in [-0.2, -0.15) is 0 Å². The molecule has 1 aliphatic rings. The first-order valence-electron chi connectivity index (χ1n) is 7.89. The highest BCUT2D eigenvalue weighted by molar-refractivity contribution is 5.76. The van der Waals surface area contributed by atoms with Gasteiger partial charge >= 0.3 is 0 Å². The van der Waals surface area contributed by atoms with Crippen LogP contribution < -0.4 is 4.90 Å². The Morgan fingerprint density at radius 1 is 1.18 bits per heavy atom. The van der Waals surface area contributed by atoms with E-state index in [2.05, 4.69) is 6.92 Å². The zero-order valence-electron chi connectivity index (χ0n) is 13.0. The van der Waals surface area contributed by atoms with Crippen LogP contribution in [0.25, 0.3) is 0 Å². The van der Waals surface area contributed by atoms with E-state index in [0.717, 1.165) is 19.3 Å². The van der Waals surface area contributed by atoms with Crippen molar-refractivity contribution in [2.75, 3.05) is 31.1 Å². The maximum absolute atomic E-state index is 12.1. The predicted molar refractivity (Wildman–Crippen MR) is 86.0 cm³/mol. The van der Waals surface area contributed by atoms with E-state index in [9.17, 15) is 14.9 Å². The fourth-order valence-corrected chi connectivity index (χ4v) is 2.77. The summed E-state index contributed by atoms with van der Waals surface area (Å²) >= 11 is 0. The number of nitrogens with zero attached hydrogens (tertiary/aromatic N) is 3. The minimum atomic E-state index is -0.350. The monoisotopic (exact) mass is 305 g/mol. The molecule has 0 aliphatic carbocycles. The fraction of sp³-hybridized carbons (Fsp3) is 0.562. The Balaban J connectivity index is 1.92. The van der Waals surface area contributed by atoms with Crippen molar-refractivity contribution < 1.29 is 9.72 Å². The summed E-state index contributed by atoms with van der Waals surface area (Å²) in [6, 6.07) is 6.79. The number of piperazine rings is 1. The van der Waals surface area contributed by atoms with E-state index in [1.54, 1.807) is 12.1 Å². The van der Waals surface area contributed by atoms with Crippen molar-refractivity contribution in [2.45, 2.75) is 32.6 Å². The largest absolute Gasteiger partial charge is 0.362 e. The highest BCUT2D eigenvalue weighted by Crippen LogP contribution is 2.28. The summed E-state index contributed by atoms with van der Waals surface area (Å²) in [6.45, 7) is 4.68. The molecule has 1 aromatic rings. The quantitative estimate of drug-likeness (QED) is 0.460. The minimum absolute atomic E-state index is 0.130. The molecule has 0 N–H and O–H groups in total. The van der Waals surface area contributed by atoms with E-state index < -0.39 is 0 Å². The lowest BCUT2D eigenvalue weighted by molar-refractivity contribution is -0.384. The summed E-state index contributed by atoms with van der Waals surface area (Å²) in [6.07, 6.45) is 3.75. The van der Waals surface area contributed by atoms with E-state index in [1.165, 1.54) is 6.07 Å². The van der Waals surface area contributed by atoms with Gasteiger partial charge in [-0.3, -0.25) is 14.9 Å². The number of carbonyl (C=O) groups excluding carboxylic acids is 1. The van der Waals surface area contributed by atoms with Gasteiger partial charge in [-0.25, -0.2) is 0 Å². The van der Waals surface area contributed by atoms with E-state index in [4.69, 9.17) is 0 Å². The van der Waals surface area contributed by atoms with Gasteiger partial charge in [0.15, 0.2) is 0 Å². The van der Waals surface area contributed by atoms with Crippen LogP contribution in [0, 0.1) is 10.1 Å². The highest BCUT2D eigenvalue weighted by Gasteiger charge is 2.24. The number of benzene rings is 1. The van der Waals surface area contributed by atoms with E-state index in [-0.39, 0.29) is 16.5 Å². The lowest BCUT2D eigenvalue weighted by Crippen LogP contribution is -2.48. The Bertz CT molecular complexity index is 525. The zero-order chi connectivity index (χ0) is 15.9. The molecule has 6 nitrogen and oxygen atoms in total. The number of anilines is 1. The molecule has 1 saturated heterocycles. The second-order valence-corrected chi connectivity index (χ2v) is 5.57. The number of unbranched alkanes of at least 4 members (excludes halogenated alkanes) is 2. The number of nitro benzene ring substituents is 1. The first-order chi connectivity index (χ1) is 10.6. The summed E-state index contributed by atoms with van der Waals surface area (Å²) in [5.74, 6) is 0.204. The molecule has 2 rings (SSSR count). The predicted octanol–water partition coefficient (Wildman–Crippen LogP) is 2.82. The molecule has 1 fully saturated rings. The molecule has 6 heteroatoms. The maximum Gasteiger partial charge on any atom is 0.292 e. The molecular weight excluding hydrogens is 282 g/mol. The number of carbonyl (C=O) groups is 1. The SMILES string of the molecule is CCCCCC(=O)N1CCN(c2ccccc2[N+](=O)[O-])CC1. The van der Waals surface area contributed by atoms with Crippen LogP contribution in [0.1, 0.15) is 32.6 Å². The number of rotatable bonds is 6. The van der Waals surface area contributed by atoms with Crippen LogP contribution in [0.15, 0.2) is 24.3 Å². The van der Waals surface area contributed by atoms with Crippen LogP contribution in [0.4, 0.5) is 11.4 Å². The number of hydrogen-bond acceptors (Lipinski definition) is 4. The lowest BCUT2D eigenvalue weighted by atomic mass is 10.1. The van der Waals surface area contributed by atoms with Gasteiger partial charge in [0.25, 0.3) is 5.69 Å². The van der Waals surface area contributed by atoms with Crippen molar-refractivity contribution in [3.8, 4) is 0 Å². The second-order valence-electron chi connectivity index (χ2n) is 5.57. The van der Waals surface area contributed by atoms with Gasteiger partial charge in [-0.1, -0.05) is 31.9 Å². The molecule has 22 heavy (non-hydrogen) atoms. The van der Waals surface area contributed by atoms with Gasteiger partial charge in [0.2, 0.25) is 5.91 Å². The van der Waals surface area contributed by atoms with E-state index >= 15 is 0 Å². The summed E-state index contributed by atoms with van der Waals surface area (Å²) in [5.41, 5.74) is 0.774. The standard InChI is InChI=1S/C16H23N3O3/c1-2-3-4-9-16(20)18-12-10-17(11-13-18)14-7-5-6-8-15(14)19(21)22/h5-8H,2-4,9-13H2,1H3. The fourth-order valence-electron chi connectivity index (χ4n) is 2.77. The molecule has 0 aromatic heterocycles. The van der Waals surface area contributed by atoms with Crippen LogP contribution in [0.3, 0.4) is 0 Å². The van der Waals surface area contributed by atoms with Crippen molar-refractivity contribution in [1.82, 2.24) is 4.90 Å². The van der Waals surface area contributed by atoms with Gasteiger partial charge in [-0.05, 0) is 12.5 Å². The summed E-state index contributed by atoms with van der Waals surface area (Å²) in [5, 5.41) is 11.1. The van der Waals surface area contributed by atoms with Gasteiger partial charge in [-0.15, -0.1) is 0 Å². The molecule has 0 radical (unpaired) electrons. The molecule has 0 atom stereocenters. The van der Waals surface area contributed by atoms with Crippen LogP contribution in [0.2, 0.25) is 0 Å². The maximum atomic E-state index is 12.1. The average molecular weight is 305 g/mol. The first kappa shape index (κ1) is 16.3. The topological polar surface area (TPSA) is 66.7 Å². The third-order valence-electron chi connectivity index (χ3n) is 4.05. The van der Waals surface area contributed by atoms with Crippen molar-refractivity contribution >= 4 is 17.3 Å². The van der Waals surface area contributed by atoms with Crippen molar-refractivity contribution in [2.24, 2.45) is 0 Å². The average Bonchev–Trinajstić information content (AvgIpc) is 2.55. The third kappa shape index (κ3) is 3.96. The summed E-state index contributed by atoms with van der Waals surface area (Å²) in [7, 11) is 0. The van der Waals surface area contributed by atoms with Crippen LogP contribution in [-0.4, -0.2) is 41.9 Å². The number of nitro groups is 1. The first-order valence-corrected chi connectivity index (χ1v) is 7.89. The van der Waals surface area contributed by atoms with Crippen LogP contribution in [-0.2, 0) is 4.79 Å². The van der Waals surface area contributed by atoms with Gasteiger partial charge in [0, 0.05) is 38.7 Å². The molecule has 1 aliphatic heterocycles.